The number of rotatable bonds is 5. The highest BCUT2D eigenvalue weighted by atomic mass is 32.2. The van der Waals surface area contributed by atoms with Crippen LogP contribution in [0, 0.1) is 6.92 Å². The van der Waals surface area contributed by atoms with Gasteiger partial charge in [-0.3, -0.25) is 0 Å². The fourth-order valence-electron chi connectivity index (χ4n) is 2.38. The average Bonchev–Trinajstić information content (AvgIpc) is 2.45. The van der Waals surface area contributed by atoms with E-state index >= 15 is 0 Å². The van der Waals surface area contributed by atoms with Gasteiger partial charge < -0.3 is 9.84 Å². The Morgan fingerprint density at radius 2 is 2.05 bits per heavy atom. The number of aliphatic hydroxyl groups is 1. The summed E-state index contributed by atoms with van der Waals surface area (Å²) < 4.78 is 32.0. The molecule has 1 saturated heterocycles. The summed E-state index contributed by atoms with van der Waals surface area (Å²) in [6, 6.07) is 6.98. The Morgan fingerprint density at radius 1 is 1.35 bits per heavy atom. The molecule has 0 atom stereocenters. The maximum atomic E-state index is 12.5. The van der Waals surface area contributed by atoms with E-state index in [9.17, 15) is 8.42 Å². The molecule has 1 aromatic rings. The minimum Gasteiger partial charge on any atom is -0.394 e. The second-order valence-corrected chi connectivity index (χ2v) is 6.95. The van der Waals surface area contributed by atoms with Crippen LogP contribution in [0.15, 0.2) is 29.2 Å². The summed E-state index contributed by atoms with van der Waals surface area (Å²) in [6.45, 7) is 3.13. The molecule has 0 unspecified atom stereocenters. The minimum absolute atomic E-state index is 0.00179. The molecule has 1 aliphatic rings. The van der Waals surface area contributed by atoms with Gasteiger partial charge in [0, 0.05) is 13.1 Å². The van der Waals surface area contributed by atoms with Gasteiger partial charge in [0.25, 0.3) is 0 Å². The lowest BCUT2D eigenvalue weighted by Crippen LogP contribution is -2.41. The molecule has 5 nitrogen and oxygen atoms in total. The zero-order valence-corrected chi connectivity index (χ0v) is 12.5. The number of nitrogens with zero attached hydrogens (tertiary/aromatic N) is 1. The Hall–Kier alpha value is -0.950. The lowest BCUT2D eigenvalue weighted by Gasteiger charge is -2.31. The highest BCUT2D eigenvalue weighted by molar-refractivity contribution is 7.89. The Kier molecular flexibility index (Phi) is 5.15. The van der Waals surface area contributed by atoms with E-state index < -0.39 is 10.0 Å². The lowest BCUT2D eigenvalue weighted by molar-refractivity contribution is 0.00318. The molecule has 1 N–H and O–H groups in total. The van der Waals surface area contributed by atoms with E-state index in [1.807, 2.05) is 13.0 Å². The lowest BCUT2D eigenvalue weighted by atomic mass is 10.1. The van der Waals surface area contributed by atoms with Crippen molar-refractivity contribution in [1.82, 2.24) is 4.31 Å². The van der Waals surface area contributed by atoms with E-state index in [1.54, 1.807) is 18.2 Å². The van der Waals surface area contributed by atoms with Gasteiger partial charge in [-0.25, -0.2) is 8.42 Å². The molecule has 0 aliphatic carbocycles. The van der Waals surface area contributed by atoms with Crippen LogP contribution in [0.2, 0.25) is 0 Å². The summed E-state index contributed by atoms with van der Waals surface area (Å²) in [7, 11) is -3.40. The van der Waals surface area contributed by atoms with E-state index in [0.29, 0.717) is 37.4 Å². The first kappa shape index (κ1) is 15.4. The number of aryl methyl sites for hydroxylation is 1. The first-order valence-corrected chi connectivity index (χ1v) is 8.27. The summed E-state index contributed by atoms with van der Waals surface area (Å²) >= 11 is 0. The van der Waals surface area contributed by atoms with E-state index in [1.165, 1.54) is 4.31 Å². The molecule has 112 valence electrons. The van der Waals surface area contributed by atoms with Crippen LogP contribution in [0.5, 0.6) is 0 Å². The summed E-state index contributed by atoms with van der Waals surface area (Å²) in [5.41, 5.74) is 0.937. The molecule has 0 bridgehead atoms. The van der Waals surface area contributed by atoms with Crippen molar-refractivity contribution in [1.29, 1.82) is 0 Å². The molecule has 1 heterocycles. The van der Waals surface area contributed by atoms with Gasteiger partial charge in [-0.2, -0.15) is 4.31 Å². The number of ether oxygens (including phenoxy) is 1. The molecule has 0 amide bonds. The molecule has 0 radical (unpaired) electrons. The first-order chi connectivity index (χ1) is 9.54. The number of aliphatic hydroxyl groups excluding tert-OH is 1. The topological polar surface area (TPSA) is 66.8 Å². The highest BCUT2D eigenvalue weighted by Gasteiger charge is 2.29. The Morgan fingerprint density at radius 3 is 2.65 bits per heavy atom. The molecule has 1 aromatic carbocycles. The van der Waals surface area contributed by atoms with Gasteiger partial charge in [0.05, 0.1) is 24.2 Å². The molecular formula is C14H21NO4S. The van der Waals surface area contributed by atoms with Crippen LogP contribution in [0.25, 0.3) is 0 Å². The molecule has 1 fully saturated rings. The third-order valence-corrected chi connectivity index (χ3v) is 5.37. The van der Waals surface area contributed by atoms with Crippen LogP contribution < -0.4 is 0 Å². The fourth-order valence-corrected chi connectivity index (χ4v) is 3.96. The Bertz CT molecular complexity index is 536. The van der Waals surface area contributed by atoms with Gasteiger partial charge in [0.15, 0.2) is 0 Å². The normalized spacial score (nSPS) is 18.3. The molecule has 2 rings (SSSR count). The zero-order valence-electron chi connectivity index (χ0n) is 11.7. The molecule has 0 saturated carbocycles. The van der Waals surface area contributed by atoms with Crippen LogP contribution in [0.1, 0.15) is 18.4 Å². The summed E-state index contributed by atoms with van der Waals surface area (Å²) in [5, 5.41) is 8.72. The maximum Gasteiger partial charge on any atom is 0.243 e. The average molecular weight is 299 g/mol. The van der Waals surface area contributed by atoms with Gasteiger partial charge in [0.2, 0.25) is 10.0 Å². The first-order valence-electron chi connectivity index (χ1n) is 6.83. The fraction of sp³-hybridized carbons (Fsp3) is 0.571. The number of hydrogen-bond acceptors (Lipinski definition) is 4. The number of sulfonamides is 1. The van der Waals surface area contributed by atoms with Gasteiger partial charge in [-0.1, -0.05) is 12.1 Å². The Balaban J connectivity index is 2.02. The van der Waals surface area contributed by atoms with E-state index in [2.05, 4.69) is 0 Å². The second kappa shape index (κ2) is 6.67. The molecule has 6 heteroatoms. The highest BCUT2D eigenvalue weighted by Crippen LogP contribution is 2.22. The van der Waals surface area contributed by atoms with Crippen molar-refractivity contribution in [2.24, 2.45) is 0 Å². The second-order valence-electron chi connectivity index (χ2n) is 5.01. The van der Waals surface area contributed by atoms with Gasteiger partial charge in [-0.15, -0.1) is 0 Å². The van der Waals surface area contributed by atoms with Crippen LogP contribution in [-0.4, -0.2) is 50.2 Å². The summed E-state index contributed by atoms with van der Waals surface area (Å²) in [4.78, 5) is 0.354. The monoisotopic (exact) mass is 299 g/mol. The zero-order chi connectivity index (χ0) is 14.6. The minimum atomic E-state index is -3.40. The molecular weight excluding hydrogens is 278 g/mol. The molecule has 1 aliphatic heterocycles. The van der Waals surface area contributed by atoms with Crippen molar-refractivity contribution in [3.8, 4) is 0 Å². The van der Waals surface area contributed by atoms with Crippen molar-refractivity contribution in [2.75, 3.05) is 26.3 Å². The largest absolute Gasteiger partial charge is 0.394 e. The van der Waals surface area contributed by atoms with Crippen LogP contribution in [0.3, 0.4) is 0 Å². The van der Waals surface area contributed by atoms with E-state index in [0.717, 1.165) is 5.56 Å². The SMILES string of the molecule is Cc1cccc(S(=O)(=O)N2CCC(OCCO)CC2)c1. The van der Waals surface area contributed by atoms with Crippen LogP contribution in [-0.2, 0) is 14.8 Å². The molecule has 20 heavy (non-hydrogen) atoms. The predicted molar refractivity (Wildman–Crippen MR) is 76.0 cm³/mol. The summed E-state index contributed by atoms with van der Waals surface area (Å²) in [5.74, 6) is 0. The third kappa shape index (κ3) is 3.58. The van der Waals surface area contributed by atoms with Crippen LogP contribution >= 0.6 is 0 Å². The Labute approximate surface area is 120 Å². The smallest absolute Gasteiger partial charge is 0.243 e. The van der Waals surface area contributed by atoms with Crippen LogP contribution in [0.4, 0.5) is 0 Å². The van der Waals surface area contributed by atoms with E-state index in [-0.39, 0.29) is 12.7 Å². The van der Waals surface area contributed by atoms with Crippen molar-refractivity contribution >= 4 is 10.0 Å². The van der Waals surface area contributed by atoms with Gasteiger partial charge >= 0.3 is 0 Å². The summed E-state index contributed by atoms with van der Waals surface area (Å²) in [6.07, 6.45) is 1.39. The maximum absolute atomic E-state index is 12.5. The number of piperidine rings is 1. The quantitative estimate of drug-likeness (QED) is 0.886. The van der Waals surface area contributed by atoms with Crippen molar-refractivity contribution < 1.29 is 18.3 Å². The molecule has 0 spiro atoms. The van der Waals surface area contributed by atoms with Gasteiger partial charge in [-0.05, 0) is 37.5 Å². The van der Waals surface area contributed by atoms with Crippen molar-refractivity contribution in [3.63, 3.8) is 0 Å². The van der Waals surface area contributed by atoms with Crippen molar-refractivity contribution in [2.45, 2.75) is 30.8 Å². The standard InChI is InChI=1S/C14H21NO4S/c1-12-3-2-4-14(11-12)20(17,18)15-7-5-13(6-8-15)19-10-9-16/h2-4,11,13,16H,5-10H2,1H3. The molecule has 0 aromatic heterocycles. The van der Waals surface area contributed by atoms with E-state index in [4.69, 9.17) is 9.84 Å². The predicted octanol–water partition coefficient (Wildman–Crippen LogP) is 1.16. The van der Waals surface area contributed by atoms with Gasteiger partial charge in [0.1, 0.15) is 0 Å². The number of benzene rings is 1. The third-order valence-electron chi connectivity index (χ3n) is 3.47. The number of hydrogen-bond donors (Lipinski definition) is 1. The van der Waals surface area contributed by atoms with Crippen molar-refractivity contribution in [3.05, 3.63) is 29.8 Å².